The molecular weight excluding hydrogens is 326 g/mol. The lowest BCUT2D eigenvalue weighted by atomic mass is 9.74. The highest BCUT2D eigenvalue weighted by atomic mass is 16.6. The van der Waals surface area contributed by atoms with Crippen molar-refractivity contribution in [2.24, 2.45) is 5.92 Å². The van der Waals surface area contributed by atoms with Gasteiger partial charge in [0.15, 0.2) is 0 Å². The molecule has 4 nitrogen and oxygen atoms in total. The summed E-state index contributed by atoms with van der Waals surface area (Å²) in [5.74, 6) is -0.104. The summed E-state index contributed by atoms with van der Waals surface area (Å²) in [5, 5.41) is 0. The first kappa shape index (κ1) is 18.3. The number of carbonyl (C=O) groups is 2. The summed E-state index contributed by atoms with van der Waals surface area (Å²) in [4.78, 5) is 28.4. The molecule has 3 aliphatic carbocycles. The molecule has 1 saturated heterocycles. The van der Waals surface area contributed by atoms with Crippen LogP contribution in [0, 0.1) is 5.92 Å². The van der Waals surface area contributed by atoms with Crippen molar-refractivity contribution in [3.63, 3.8) is 0 Å². The van der Waals surface area contributed by atoms with Crippen LogP contribution in [0.4, 0.5) is 0 Å². The fourth-order valence-electron chi connectivity index (χ4n) is 6.16. The van der Waals surface area contributed by atoms with Gasteiger partial charge in [0.1, 0.15) is 5.60 Å². The normalized spacial score (nSPS) is 30.3. The van der Waals surface area contributed by atoms with E-state index in [4.69, 9.17) is 4.74 Å². The lowest BCUT2D eigenvalue weighted by molar-refractivity contribution is -0.158. The second-order valence-corrected chi connectivity index (χ2v) is 9.19. The molecule has 4 rings (SSSR count). The zero-order valence-corrected chi connectivity index (χ0v) is 16.2. The van der Waals surface area contributed by atoms with Gasteiger partial charge in [0, 0.05) is 12.1 Å². The van der Waals surface area contributed by atoms with E-state index in [0.717, 1.165) is 51.4 Å². The Hall–Kier alpha value is -1.06. The number of nitrogens with zero attached hydrogens (tertiary/aromatic N) is 1. The first-order valence-electron chi connectivity index (χ1n) is 11.2. The van der Waals surface area contributed by atoms with Crippen LogP contribution >= 0.6 is 0 Å². The Labute approximate surface area is 158 Å². The van der Waals surface area contributed by atoms with Crippen molar-refractivity contribution in [1.29, 1.82) is 0 Å². The topological polar surface area (TPSA) is 46.6 Å². The quantitative estimate of drug-likeness (QED) is 0.682. The maximum atomic E-state index is 13.9. The highest BCUT2D eigenvalue weighted by molar-refractivity contribution is 5.88. The van der Waals surface area contributed by atoms with Gasteiger partial charge >= 0.3 is 5.97 Å². The van der Waals surface area contributed by atoms with E-state index in [1.807, 2.05) is 0 Å². The van der Waals surface area contributed by atoms with E-state index >= 15 is 0 Å². The van der Waals surface area contributed by atoms with Gasteiger partial charge in [-0.2, -0.15) is 0 Å². The summed E-state index contributed by atoms with van der Waals surface area (Å²) in [6.45, 7) is 0. The van der Waals surface area contributed by atoms with E-state index in [1.165, 1.54) is 44.9 Å². The Morgan fingerprint density at radius 1 is 0.808 bits per heavy atom. The van der Waals surface area contributed by atoms with Crippen LogP contribution in [0.3, 0.4) is 0 Å². The zero-order valence-electron chi connectivity index (χ0n) is 16.2. The molecule has 0 bridgehead atoms. The van der Waals surface area contributed by atoms with E-state index in [0.29, 0.717) is 18.5 Å². The number of hydrogen-bond acceptors (Lipinski definition) is 3. The van der Waals surface area contributed by atoms with Crippen molar-refractivity contribution in [2.45, 2.75) is 120 Å². The Morgan fingerprint density at radius 3 is 1.85 bits per heavy atom. The van der Waals surface area contributed by atoms with Crippen LogP contribution in [0.15, 0.2) is 0 Å². The third-order valence-corrected chi connectivity index (χ3v) is 7.51. The van der Waals surface area contributed by atoms with Gasteiger partial charge in [-0.05, 0) is 51.4 Å². The molecule has 1 spiro atoms. The summed E-state index contributed by atoms with van der Waals surface area (Å²) in [6.07, 6.45) is 17.6. The largest absolute Gasteiger partial charge is 0.458 e. The zero-order chi connectivity index (χ0) is 18.0. The average Bonchev–Trinajstić information content (AvgIpc) is 2.99. The standard InChI is InChI=1S/C22H35NO3/c24-20-16-19(22(26-20)14-8-3-9-15-22)21(25)23(17-10-4-1-5-11-17)18-12-6-2-7-13-18/h17-19H,1-16H2. The van der Waals surface area contributed by atoms with E-state index in [2.05, 4.69) is 4.90 Å². The molecule has 4 aliphatic rings. The van der Waals surface area contributed by atoms with Gasteiger partial charge in [0.25, 0.3) is 0 Å². The number of amides is 1. The van der Waals surface area contributed by atoms with Crippen molar-refractivity contribution in [3.8, 4) is 0 Å². The molecule has 1 heterocycles. The van der Waals surface area contributed by atoms with Gasteiger partial charge in [0.05, 0.1) is 12.3 Å². The molecule has 4 heteroatoms. The van der Waals surface area contributed by atoms with E-state index in [1.54, 1.807) is 0 Å². The Bertz CT molecular complexity index is 495. The number of carbonyl (C=O) groups excluding carboxylic acids is 2. The summed E-state index contributed by atoms with van der Waals surface area (Å²) in [7, 11) is 0. The predicted molar refractivity (Wildman–Crippen MR) is 101 cm³/mol. The molecule has 0 radical (unpaired) electrons. The molecule has 0 aromatic carbocycles. The maximum Gasteiger partial charge on any atom is 0.307 e. The predicted octanol–water partition coefficient (Wildman–Crippen LogP) is 4.75. The fraction of sp³-hybridized carbons (Fsp3) is 0.909. The Balaban J connectivity index is 1.58. The van der Waals surface area contributed by atoms with Crippen molar-refractivity contribution in [2.75, 3.05) is 0 Å². The summed E-state index contributed by atoms with van der Waals surface area (Å²) in [5.41, 5.74) is -0.478. The molecule has 1 unspecified atom stereocenters. The molecule has 1 aliphatic heterocycles. The van der Waals surface area contributed by atoms with Gasteiger partial charge in [-0.1, -0.05) is 44.9 Å². The van der Waals surface area contributed by atoms with Crippen molar-refractivity contribution < 1.29 is 14.3 Å². The molecule has 4 fully saturated rings. The van der Waals surface area contributed by atoms with Crippen molar-refractivity contribution >= 4 is 11.9 Å². The van der Waals surface area contributed by atoms with E-state index in [9.17, 15) is 9.59 Å². The Morgan fingerprint density at radius 2 is 1.31 bits per heavy atom. The summed E-state index contributed by atoms with van der Waals surface area (Å²) in [6, 6.07) is 0.798. The minimum Gasteiger partial charge on any atom is -0.458 e. The van der Waals surface area contributed by atoms with Gasteiger partial charge in [-0.15, -0.1) is 0 Å². The molecule has 0 aromatic heterocycles. The minimum atomic E-state index is -0.478. The molecular formula is C22H35NO3. The lowest BCUT2D eigenvalue weighted by Gasteiger charge is -2.45. The van der Waals surface area contributed by atoms with Crippen LogP contribution in [-0.4, -0.2) is 34.5 Å². The van der Waals surface area contributed by atoms with Gasteiger partial charge in [-0.25, -0.2) is 0 Å². The Kier molecular flexibility index (Phi) is 5.56. The van der Waals surface area contributed by atoms with Gasteiger partial charge < -0.3 is 9.64 Å². The number of ether oxygens (including phenoxy) is 1. The van der Waals surface area contributed by atoms with Crippen molar-refractivity contribution in [3.05, 3.63) is 0 Å². The summed E-state index contributed by atoms with van der Waals surface area (Å²) >= 11 is 0. The fourth-order valence-corrected chi connectivity index (χ4v) is 6.16. The molecule has 26 heavy (non-hydrogen) atoms. The van der Waals surface area contributed by atoms with Gasteiger partial charge in [-0.3, -0.25) is 9.59 Å². The third-order valence-electron chi connectivity index (χ3n) is 7.51. The van der Waals surface area contributed by atoms with E-state index in [-0.39, 0.29) is 17.8 Å². The molecule has 1 amide bonds. The van der Waals surface area contributed by atoms with Crippen LogP contribution < -0.4 is 0 Å². The van der Waals surface area contributed by atoms with Crippen molar-refractivity contribution in [1.82, 2.24) is 4.90 Å². The lowest BCUT2D eigenvalue weighted by Crippen LogP contribution is -2.54. The highest BCUT2D eigenvalue weighted by Gasteiger charge is 2.54. The molecule has 1 atom stereocenters. The van der Waals surface area contributed by atoms with Crippen LogP contribution in [0.2, 0.25) is 0 Å². The second kappa shape index (κ2) is 7.90. The van der Waals surface area contributed by atoms with Crippen LogP contribution in [0.5, 0.6) is 0 Å². The third kappa shape index (κ3) is 3.53. The van der Waals surface area contributed by atoms with Crippen LogP contribution in [-0.2, 0) is 14.3 Å². The highest BCUT2D eigenvalue weighted by Crippen LogP contribution is 2.46. The second-order valence-electron chi connectivity index (χ2n) is 9.19. The molecule has 0 N–H and O–H groups in total. The number of esters is 1. The first-order chi connectivity index (χ1) is 12.7. The summed E-state index contributed by atoms with van der Waals surface area (Å²) < 4.78 is 5.86. The average molecular weight is 362 g/mol. The smallest absolute Gasteiger partial charge is 0.307 e. The molecule has 0 aromatic rings. The number of hydrogen-bond donors (Lipinski definition) is 0. The van der Waals surface area contributed by atoms with Crippen LogP contribution in [0.25, 0.3) is 0 Å². The van der Waals surface area contributed by atoms with Gasteiger partial charge in [0.2, 0.25) is 5.91 Å². The number of rotatable bonds is 3. The van der Waals surface area contributed by atoms with Crippen LogP contribution in [0.1, 0.15) is 103 Å². The first-order valence-corrected chi connectivity index (χ1v) is 11.2. The monoisotopic (exact) mass is 361 g/mol. The SMILES string of the molecule is O=C1CC(C(=O)N(C2CCCCC2)C2CCCCC2)C2(CCCCC2)O1. The molecule has 3 saturated carbocycles. The minimum absolute atomic E-state index is 0.141. The molecule has 146 valence electrons. The maximum absolute atomic E-state index is 13.9. The van der Waals surface area contributed by atoms with E-state index < -0.39 is 5.60 Å².